The first-order valence-electron chi connectivity index (χ1n) is 11.1. The summed E-state index contributed by atoms with van der Waals surface area (Å²) >= 11 is 0. The van der Waals surface area contributed by atoms with E-state index >= 15 is 0 Å². The van der Waals surface area contributed by atoms with Crippen LogP contribution in [0.3, 0.4) is 0 Å². The Kier molecular flexibility index (Phi) is 10.9. The van der Waals surface area contributed by atoms with Gasteiger partial charge in [-0.1, -0.05) is 12.1 Å². The van der Waals surface area contributed by atoms with Gasteiger partial charge in [0.15, 0.2) is 11.5 Å². The molecule has 0 spiro atoms. The van der Waals surface area contributed by atoms with Crippen molar-refractivity contribution in [3.8, 4) is 17.6 Å². The number of anilines is 2. The number of nitriles is 1. The van der Waals surface area contributed by atoms with E-state index in [0.29, 0.717) is 41.5 Å². The van der Waals surface area contributed by atoms with E-state index < -0.39 is 0 Å². The molecule has 0 amide bonds. The van der Waals surface area contributed by atoms with Crippen LogP contribution >= 0.6 is 0 Å². The van der Waals surface area contributed by atoms with Gasteiger partial charge in [0.2, 0.25) is 0 Å². The normalized spacial score (nSPS) is 12.0. The van der Waals surface area contributed by atoms with Crippen molar-refractivity contribution in [1.29, 1.82) is 5.26 Å². The van der Waals surface area contributed by atoms with Gasteiger partial charge in [0, 0.05) is 29.4 Å². The molecular weight excluding hydrogens is 433 g/mol. The number of fused-ring (bicyclic) bond motifs is 1. The van der Waals surface area contributed by atoms with Crippen molar-refractivity contribution >= 4 is 28.6 Å². The summed E-state index contributed by atoms with van der Waals surface area (Å²) in [5.74, 6) is 1.84. The van der Waals surface area contributed by atoms with Gasteiger partial charge < -0.3 is 33.4 Å². The molecule has 0 radical (unpaired) electrons. The third-order valence-corrected chi connectivity index (χ3v) is 5.50. The van der Waals surface area contributed by atoms with Crippen LogP contribution in [-0.2, 0) is 4.79 Å². The van der Waals surface area contributed by atoms with E-state index in [1.165, 1.54) is 24.7 Å². The number of hydrogen-bond acceptors (Lipinski definition) is 6. The Hall–Kier alpha value is -3.25. The molecule has 4 rings (SSSR count). The number of pyridine rings is 1. The van der Waals surface area contributed by atoms with Crippen molar-refractivity contribution in [2.75, 3.05) is 12.4 Å². The molecule has 1 fully saturated rings. The summed E-state index contributed by atoms with van der Waals surface area (Å²) in [7, 11) is 1.60. The monoisotopic (exact) mass is 461 g/mol. The molecule has 1 heterocycles. The van der Waals surface area contributed by atoms with Gasteiger partial charge in [0.25, 0.3) is 0 Å². The van der Waals surface area contributed by atoms with Crippen molar-refractivity contribution in [3.05, 3.63) is 80.2 Å². The molecule has 0 atom stereocenters. The number of benzene rings is 2. The summed E-state index contributed by atoms with van der Waals surface area (Å²) in [5.41, 5.74) is 4.19. The minimum Gasteiger partial charge on any atom is -0.493 e. The second-order valence-corrected chi connectivity index (χ2v) is 7.84. The van der Waals surface area contributed by atoms with Crippen molar-refractivity contribution in [3.63, 3.8) is 0 Å². The summed E-state index contributed by atoms with van der Waals surface area (Å²) in [4.78, 5) is 13.4. The molecule has 3 aromatic rings. The third-order valence-electron chi connectivity index (χ3n) is 5.50. The number of hydrogen-bond donors (Lipinski definition) is 1. The first-order chi connectivity index (χ1) is 16.6. The number of aromatic nitrogens is 1. The fourth-order valence-corrected chi connectivity index (χ4v) is 3.54. The number of methoxy groups -OCH3 is 1. The van der Waals surface area contributed by atoms with Crippen LogP contribution in [0.1, 0.15) is 42.7 Å². The maximum absolute atomic E-state index is 9.70. The zero-order chi connectivity index (χ0) is 24.5. The maximum Gasteiger partial charge on any atom is 1.00 e. The molecule has 2 aromatic carbocycles. The minimum atomic E-state index is -0.116. The van der Waals surface area contributed by atoms with Crippen LogP contribution in [0.4, 0.5) is 11.4 Å². The van der Waals surface area contributed by atoms with Crippen molar-refractivity contribution in [1.82, 2.24) is 4.98 Å². The molecule has 0 saturated heterocycles. The molecule has 1 aliphatic carbocycles. The Morgan fingerprint density at radius 3 is 2.57 bits per heavy atom. The number of nitrogens with zero attached hydrogens (tertiary/aromatic N) is 2. The molecule has 6 nitrogen and oxygen atoms in total. The average molecular weight is 461 g/mol. The van der Waals surface area contributed by atoms with Gasteiger partial charge in [-0.3, -0.25) is 4.98 Å². The van der Waals surface area contributed by atoms with Crippen LogP contribution in [0.15, 0.2) is 55.3 Å². The second-order valence-electron chi connectivity index (χ2n) is 7.84. The predicted molar refractivity (Wildman–Crippen MR) is 135 cm³/mol. The van der Waals surface area contributed by atoms with E-state index in [0.717, 1.165) is 22.7 Å². The summed E-state index contributed by atoms with van der Waals surface area (Å²) < 4.78 is 11.6. The number of ether oxygens (including phenoxy) is 2. The van der Waals surface area contributed by atoms with Gasteiger partial charge >= 0.3 is 18.9 Å². The fraction of sp³-hybridized carbons (Fsp3) is 0.250. The maximum atomic E-state index is 9.70. The van der Waals surface area contributed by atoms with Crippen LogP contribution in [-0.4, -0.2) is 24.5 Å². The minimum absolute atomic E-state index is 0. The molecule has 35 heavy (non-hydrogen) atoms. The summed E-state index contributed by atoms with van der Waals surface area (Å²) in [6.07, 6.45) is 7.66. The molecule has 1 N–H and O–H groups in total. The van der Waals surface area contributed by atoms with Gasteiger partial charge in [-0.25, -0.2) is 12.7 Å². The number of allylic oxidation sites excluding steroid dienone is 1. The molecule has 1 saturated carbocycles. The molecule has 1 aliphatic rings. The van der Waals surface area contributed by atoms with E-state index in [2.05, 4.69) is 55.0 Å². The standard InChI is InChI=1S/C25H25N3O2.C3H3O.Li/c1-4-20(5-2)30-24-12-21-22(13-23(24)29-3)27-15-18(14-26)25(21)28-19-8-6-7-17(11-19)16-9-10-16;1-2-3-4;/h6-8,11-13,15-16,20H,1-2,4-5,9-10H2,3H3,(H,27,28);2H,1H2;/q-2;-1;+1. The van der Waals surface area contributed by atoms with Gasteiger partial charge in [-0.2, -0.15) is 5.26 Å². The van der Waals surface area contributed by atoms with Crippen molar-refractivity contribution in [2.45, 2.75) is 37.7 Å². The van der Waals surface area contributed by atoms with Gasteiger partial charge in [0.1, 0.15) is 6.07 Å². The first-order valence-corrected chi connectivity index (χ1v) is 11.1. The number of rotatable bonds is 9. The second kappa shape index (κ2) is 13.6. The molecule has 7 heteroatoms. The summed E-state index contributed by atoms with van der Waals surface area (Å²) in [5, 5.41) is 13.9. The topological polar surface area (TPSA) is 84.2 Å². The Labute approximate surface area is 219 Å². The third kappa shape index (κ3) is 7.12. The van der Waals surface area contributed by atoms with E-state index in [4.69, 9.17) is 14.3 Å². The summed E-state index contributed by atoms with van der Waals surface area (Å²) in [6, 6.07) is 14.4. The SMILES string of the molecule is C=C[C-]=O.[CH2-]CC(C[CH2-])Oc1cc2c(Nc3cccc(C4CC4)c3)c(C#N)cnc2cc1OC.[Li+]. The molecule has 176 valence electrons. The van der Waals surface area contributed by atoms with Gasteiger partial charge in [0.05, 0.1) is 23.9 Å². The van der Waals surface area contributed by atoms with Crippen LogP contribution in [0.5, 0.6) is 11.5 Å². The molecular formula is C28H28LiN3O3-2. The van der Waals surface area contributed by atoms with Crippen LogP contribution < -0.4 is 33.7 Å². The first kappa shape index (κ1) is 28.0. The van der Waals surface area contributed by atoms with Gasteiger partial charge in [-0.15, -0.1) is 12.8 Å². The van der Waals surface area contributed by atoms with Crippen molar-refractivity contribution in [2.24, 2.45) is 0 Å². The molecule has 1 aromatic heterocycles. The average Bonchev–Trinajstić information content (AvgIpc) is 3.73. The largest absolute Gasteiger partial charge is 1.00 e. The molecule has 0 aliphatic heterocycles. The van der Waals surface area contributed by atoms with E-state index in [9.17, 15) is 5.26 Å². The number of nitrogens with one attached hydrogen (secondary N) is 1. The smallest absolute Gasteiger partial charge is 0.493 e. The van der Waals surface area contributed by atoms with E-state index in [1.807, 2.05) is 18.2 Å². The van der Waals surface area contributed by atoms with Gasteiger partial charge in [-0.05, 0) is 48.8 Å². The predicted octanol–water partition coefficient (Wildman–Crippen LogP) is 3.22. The summed E-state index contributed by atoms with van der Waals surface area (Å²) in [6.45, 7) is 10.9. The Morgan fingerprint density at radius 1 is 1.29 bits per heavy atom. The van der Waals surface area contributed by atoms with Crippen LogP contribution in [0, 0.1) is 25.2 Å². The van der Waals surface area contributed by atoms with Crippen LogP contribution in [0.25, 0.3) is 10.9 Å². The number of carbonyl (C=O) groups excluding carboxylic acids is 1. The zero-order valence-corrected chi connectivity index (χ0v) is 20.3. The quantitative estimate of drug-likeness (QED) is 0.299. The molecule has 0 bridgehead atoms. The van der Waals surface area contributed by atoms with Crippen molar-refractivity contribution < 1.29 is 33.1 Å². The molecule has 0 unspecified atom stereocenters. The fourth-order valence-electron chi connectivity index (χ4n) is 3.54. The zero-order valence-electron chi connectivity index (χ0n) is 20.3. The van der Waals surface area contributed by atoms with E-state index in [1.54, 1.807) is 13.3 Å². The Bertz CT molecular complexity index is 1190. The Balaban J connectivity index is 0.000000804. The Morgan fingerprint density at radius 2 is 2.00 bits per heavy atom. The van der Waals surface area contributed by atoms with Crippen LogP contribution in [0.2, 0.25) is 0 Å². The van der Waals surface area contributed by atoms with E-state index in [-0.39, 0.29) is 25.0 Å².